The summed E-state index contributed by atoms with van der Waals surface area (Å²) < 4.78 is 8.22. The van der Waals surface area contributed by atoms with Crippen molar-refractivity contribution in [3.63, 3.8) is 0 Å². The predicted molar refractivity (Wildman–Crippen MR) is 123 cm³/mol. The molecule has 0 aliphatic carbocycles. The highest BCUT2D eigenvalue weighted by Crippen LogP contribution is 2.35. The Morgan fingerprint density at radius 3 is 2.70 bits per heavy atom. The van der Waals surface area contributed by atoms with Gasteiger partial charge in [0.2, 0.25) is 5.75 Å². The van der Waals surface area contributed by atoms with E-state index < -0.39 is 4.92 Å². The molecule has 8 nitrogen and oxygen atoms in total. The number of hydrogen-bond acceptors (Lipinski definition) is 6. The number of ether oxygens (including phenoxy) is 1. The van der Waals surface area contributed by atoms with Gasteiger partial charge in [-0.15, -0.1) is 0 Å². The lowest BCUT2D eigenvalue weighted by atomic mass is 10.2. The summed E-state index contributed by atoms with van der Waals surface area (Å²) in [5.41, 5.74) is 0.405. The van der Waals surface area contributed by atoms with E-state index in [0.29, 0.717) is 33.2 Å². The molecule has 0 saturated carbocycles. The fourth-order valence-electron chi connectivity index (χ4n) is 2.76. The number of hydrogen-bond donors (Lipinski definition) is 0. The van der Waals surface area contributed by atoms with Crippen molar-refractivity contribution in [3.05, 3.63) is 71.1 Å². The highest BCUT2D eigenvalue weighted by atomic mass is 79.9. The van der Waals surface area contributed by atoms with Crippen LogP contribution >= 0.6 is 31.9 Å². The lowest BCUT2D eigenvalue weighted by Gasteiger charge is -2.15. The lowest BCUT2D eigenvalue weighted by Crippen LogP contribution is -2.20. The third-order valence-electron chi connectivity index (χ3n) is 4.44. The third kappa shape index (κ3) is 4.59. The van der Waals surface area contributed by atoms with E-state index in [4.69, 9.17) is 4.74 Å². The molecule has 1 aromatic heterocycles. The highest BCUT2D eigenvalue weighted by Gasteiger charge is 2.22. The molecule has 10 heteroatoms. The van der Waals surface area contributed by atoms with Gasteiger partial charge < -0.3 is 4.74 Å². The molecule has 0 fully saturated rings. The second kappa shape index (κ2) is 9.05. The first-order chi connectivity index (χ1) is 14.2. The largest absolute Gasteiger partial charge is 0.483 e. The zero-order valence-corrected chi connectivity index (χ0v) is 19.6. The molecular formula is C20H18Br2N4O4. The van der Waals surface area contributed by atoms with Crippen LogP contribution in [0.5, 0.6) is 5.75 Å². The molecule has 0 aliphatic heterocycles. The summed E-state index contributed by atoms with van der Waals surface area (Å²) in [5, 5.41) is 16.2. The molecule has 0 aliphatic rings. The first-order valence-corrected chi connectivity index (χ1v) is 10.7. The Labute approximate surface area is 189 Å². The van der Waals surface area contributed by atoms with Crippen LogP contribution in [-0.4, -0.2) is 26.9 Å². The van der Waals surface area contributed by atoms with Crippen molar-refractivity contribution in [2.24, 2.45) is 5.10 Å². The van der Waals surface area contributed by atoms with Crippen LogP contribution in [0.4, 0.5) is 5.69 Å². The molecule has 0 radical (unpaired) electrons. The number of nitro benzene ring substituents is 1. The van der Waals surface area contributed by atoms with Crippen molar-refractivity contribution in [1.82, 2.24) is 9.66 Å². The predicted octanol–water partition coefficient (Wildman–Crippen LogP) is 5.20. The molecule has 3 aromatic rings. The minimum Gasteiger partial charge on any atom is -0.483 e. The molecule has 0 unspecified atom stereocenters. The Kier molecular flexibility index (Phi) is 6.67. The minimum atomic E-state index is -0.508. The smallest absolute Gasteiger partial charge is 0.312 e. The summed E-state index contributed by atoms with van der Waals surface area (Å²) in [4.78, 5) is 28.4. The number of aryl methyl sites for hydroxylation is 1. The topological polar surface area (TPSA) is 99.6 Å². The Balaban J connectivity index is 2.16. The molecule has 0 spiro atoms. The molecule has 1 atom stereocenters. The van der Waals surface area contributed by atoms with E-state index in [9.17, 15) is 14.9 Å². The van der Waals surface area contributed by atoms with Crippen LogP contribution in [0.1, 0.15) is 31.7 Å². The van der Waals surface area contributed by atoms with E-state index in [1.165, 1.54) is 12.3 Å². The van der Waals surface area contributed by atoms with Crippen LogP contribution in [0.15, 0.2) is 49.2 Å². The van der Waals surface area contributed by atoms with Gasteiger partial charge in [-0.2, -0.15) is 9.78 Å². The van der Waals surface area contributed by atoms with Gasteiger partial charge in [0.15, 0.2) is 0 Å². The van der Waals surface area contributed by atoms with Crippen molar-refractivity contribution in [1.29, 1.82) is 0 Å². The molecule has 156 valence electrons. The van der Waals surface area contributed by atoms with Gasteiger partial charge in [-0.3, -0.25) is 14.9 Å². The van der Waals surface area contributed by atoms with Crippen LogP contribution in [0, 0.1) is 17.0 Å². The van der Waals surface area contributed by atoms with Gasteiger partial charge >= 0.3 is 5.69 Å². The van der Waals surface area contributed by atoms with Gasteiger partial charge in [0.05, 0.1) is 28.1 Å². The van der Waals surface area contributed by atoms with E-state index in [1.54, 1.807) is 31.2 Å². The molecule has 30 heavy (non-hydrogen) atoms. The van der Waals surface area contributed by atoms with Crippen molar-refractivity contribution < 1.29 is 9.66 Å². The fraction of sp³-hybridized carbons (Fsp3) is 0.250. The zero-order chi connectivity index (χ0) is 22.0. The monoisotopic (exact) mass is 536 g/mol. The summed E-state index contributed by atoms with van der Waals surface area (Å²) in [6.07, 6.45) is 1.81. The number of benzene rings is 2. The SMILES string of the molecule is CC[C@H](C)Oc1c(C=Nn2c(C)nc3ccc(Br)cc3c2=O)cc(Br)cc1[N+](=O)[O-]. The highest BCUT2D eigenvalue weighted by molar-refractivity contribution is 9.10. The maximum Gasteiger partial charge on any atom is 0.312 e. The standard InChI is InChI=1S/C20H18Br2N4O4/c1-4-11(2)30-19-13(7-15(22)9-18(19)26(28)29)10-23-25-12(3)24-17-6-5-14(21)8-16(17)20(25)27/h5-11H,4H2,1-3H3/t11-/m0/s1. The second-order valence-electron chi connectivity index (χ2n) is 6.62. The van der Waals surface area contributed by atoms with Gasteiger partial charge in [-0.25, -0.2) is 4.98 Å². The second-order valence-corrected chi connectivity index (χ2v) is 8.45. The maximum absolute atomic E-state index is 12.9. The Morgan fingerprint density at radius 2 is 2.03 bits per heavy atom. The van der Waals surface area contributed by atoms with E-state index in [2.05, 4.69) is 41.9 Å². The van der Waals surface area contributed by atoms with Crippen LogP contribution in [0.3, 0.4) is 0 Å². The van der Waals surface area contributed by atoms with Crippen molar-refractivity contribution >= 4 is 54.7 Å². The van der Waals surface area contributed by atoms with Gasteiger partial charge in [0.25, 0.3) is 5.56 Å². The molecule has 0 amide bonds. The quantitative estimate of drug-likeness (QED) is 0.244. The van der Waals surface area contributed by atoms with Crippen molar-refractivity contribution in [2.45, 2.75) is 33.3 Å². The summed E-state index contributed by atoms with van der Waals surface area (Å²) in [7, 11) is 0. The zero-order valence-electron chi connectivity index (χ0n) is 16.4. The molecule has 0 bridgehead atoms. The molecular weight excluding hydrogens is 520 g/mol. The van der Waals surface area contributed by atoms with Gasteiger partial charge in [0, 0.05) is 20.6 Å². The molecule has 0 N–H and O–H groups in total. The average Bonchev–Trinajstić information content (AvgIpc) is 2.69. The number of nitro groups is 1. The summed E-state index contributed by atoms with van der Waals surface area (Å²) in [6.45, 7) is 5.41. The number of nitrogens with zero attached hydrogens (tertiary/aromatic N) is 4. The van der Waals surface area contributed by atoms with Gasteiger partial charge in [-0.1, -0.05) is 38.8 Å². The van der Waals surface area contributed by atoms with E-state index >= 15 is 0 Å². The summed E-state index contributed by atoms with van der Waals surface area (Å²) in [6, 6.07) is 8.26. The van der Waals surface area contributed by atoms with E-state index in [0.717, 1.165) is 9.15 Å². The average molecular weight is 538 g/mol. The summed E-state index contributed by atoms with van der Waals surface area (Å²) in [5.74, 6) is 0.489. The van der Waals surface area contributed by atoms with Crippen molar-refractivity contribution in [3.8, 4) is 5.75 Å². The fourth-order valence-corrected chi connectivity index (χ4v) is 3.58. The number of halogens is 2. The van der Waals surface area contributed by atoms with Crippen molar-refractivity contribution in [2.75, 3.05) is 0 Å². The summed E-state index contributed by atoms with van der Waals surface area (Å²) >= 11 is 6.64. The molecule has 1 heterocycles. The number of rotatable bonds is 6. The van der Waals surface area contributed by atoms with Gasteiger partial charge in [0.1, 0.15) is 5.82 Å². The number of aromatic nitrogens is 2. The van der Waals surface area contributed by atoms with E-state index in [-0.39, 0.29) is 23.1 Å². The Morgan fingerprint density at radius 1 is 1.30 bits per heavy atom. The Bertz CT molecular complexity index is 1220. The normalized spacial score (nSPS) is 12.4. The lowest BCUT2D eigenvalue weighted by molar-refractivity contribution is -0.386. The van der Waals surface area contributed by atoms with E-state index in [1.807, 2.05) is 13.8 Å². The van der Waals surface area contributed by atoms with Crippen LogP contribution < -0.4 is 10.3 Å². The minimum absolute atomic E-state index is 0.100. The first kappa shape index (κ1) is 22.1. The van der Waals surface area contributed by atoms with Gasteiger partial charge in [-0.05, 0) is 44.5 Å². The molecule has 3 rings (SSSR count). The third-order valence-corrected chi connectivity index (χ3v) is 5.39. The molecule has 2 aromatic carbocycles. The van der Waals surface area contributed by atoms with Crippen LogP contribution in [0.2, 0.25) is 0 Å². The maximum atomic E-state index is 12.9. The number of fused-ring (bicyclic) bond motifs is 1. The first-order valence-electron chi connectivity index (χ1n) is 9.09. The van der Waals surface area contributed by atoms with Crippen LogP contribution in [0.25, 0.3) is 10.9 Å². The van der Waals surface area contributed by atoms with Crippen LogP contribution in [-0.2, 0) is 0 Å². The Hall–Kier alpha value is -2.59. The molecule has 0 saturated heterocycles.